The molecule has 0 N–H and O–H groups in total. The number of carbonyl (C=O) groups is 2. The molecule has 0 aromatic heterocycles. The molecular formula is C12H12O2. The van der Waals surface area contributed by atoms with Gasteiger partial charge in [-0.25, -0.2) is 0 Å². The van der Waals surface area contributed by atoms with Crippen LogP contribution in [0, 0.1) is 11.3 Å². The summed E-state index contributed by atoms with van der Waals surface area (Å²) in [6.45, 7) is 3.90. The van der Waals surface area contributed by atoms with E-state index >= 15 is 0 Å². The molecule has 0 radical (unpaired) electrons. The molecule has 0 bridgehead atoms. The molecule has 2 aliphatic rings. The number of fused-ring (bicyclic) bond motifs is 1. The van der Waals surface area contributed by atoms with E-state index in [1.54, 1.807) is 24.3 Å². The molecule has 2 heteroatoms. The molecule has 2 aliphatic carbocycles. The van der Waals surface area contributed by atoms with Crippen LogP contribution in [0.3, 0.4) is 0 Å². The molecule has 0 aliphatic heterocycles. The van der Waals surface area contributed by atoms with Crippen LogP contribution in [0.4, 0.5) is 0 Å². The first-order valence-corrected chi connectivity index (χ1v) is 4.71. The Morgan fingerprint density at radius 3 is 2.64 bits per heavy atom. The van der Waals surface area contributed by atoms with Crippen LogP contribution in [-0.2, 0) is 9.59 Å². The van der Waals surface area contributed by atoms with E-state index in [4.69, 9.17) is 0 Å². The Morgan fingerprint density at radius 1 is 1.21 bits per heavy atom. The quantitative estimate of drug-likeness (QED) is 0.581. The van der Waals surface area contributed by atoms with E-state index in [2.05, 4.69) is 0 Å². The number of allylic oxidation sites excluding steroid dienone is 6. The number of carbonyl (C=O) groups excluding carboxylic acids is 2. The third-order valence-electron chi connectivity index (χ3n) is 3.27. The van der Waals surface area contributed by atoms with E-state index < -0.39 is 0 Å². The molecule has 0 spiro atoms. The predicted molar refractivity (Wildman–Crippen MR) is 53.6 cm³/mol. The Balaban J connectivity index is 2.55. The Morgan fingerprint density at radius 2 is 1.93 bits per heavy atom. The SMILES string of the molecule is C[C@@H]1C(=O)C=CC2=CC(=O)C=C[C@@]21C. The van der Waals surface area contributed by atoms with Gasteiger partial charge in [0, 0.05) is 11.3 Å². The summed E-state index contributed by atoms with van der Waals surface area (Å²) < 4.78 is 0. The van der Waals surface area contributed by atoms with Gasteiger partial charge in [0.15, 0.2) is 11.6 Å². The van der Waals surface area contributed by atoms with Crippen molar-refractivity contribution < 1.29 is 9.59 Å². The average Bonchev–Trinajstić information content (AvgIpc) is 2.16. The fraction of sp³-hybridized carbons (Fsp3) is 0.333. The summed E-state index contributed by atoms with van der Waals surface area (Å²) in [5.74, 6) is 0.0513. The van der Waals surface area contributed by atoms with E-state index in [9.17, 15) is 9.59 Å². The van der Waals surface area contributed by atoms with E-state index in [-0.39, 0.29) is 22.9 Å². The summed E-state index contributed by atoms with van der Waals surface area (Å²) in [6.07, 6.45) is 8.32. The normalized spacial score (nSPS) is 35.6. The minimum atomic E-state index is -0.292. The minimum absolute atomic E-state index is 0.00340. The van der Waals surface area contributed by atoms with Crippen LogP contribution in [-0.4, -0.2) is 11.6 Å². The van der Waals surface area contributed by atoms with Crippen LogP contribution in [0.1, 0.15) is 13.8 Å². The van der Waals surface area contributed by atoms with Gasteiger partial charge in [0.05, 0.1) is 0 Å². The molecule has 2 nitrogen and oxygen atoms in total. The zero-order chi connectivity index (χ0) is 10.3. The fourth-order valence-corrected chi connectivity index (χ4v) is 1.94. The van der Waals surface area contributed by atoms with Crippen molar-refractivity contribution in [3.05, 3.63) is 36.0 Å². The van der Waals surface area contributed by atoms with Crippen molar-refractivity contribution in [2.24, 2.45) is 11.3 Å². The summed E-state index contributed by atoms with van der Waals surface area (Å²) in [4.78, 5) is 22.7. The summed E-state index contributed by atoms with van der Waals surface area (Å²) in [7, 11) is 0. The Bertz CT molecular complexity index is 399. The molecule has 0 heterocycles. The maximum atomic E-state index is 11.5. The van der Waals surface area contributed by atoms with E-state index in [0.29, 0.717) is 0 Å². The van der Waals surface area contributed by atoms with Gasteiger partial charge < -0.3 is 0 Å². The van der Waals surface area contributed by atoms with Gasteiger partial charge in [-0.3, -0.25) is 9.59 Å². The smallest absolute Gasteiger partial charge is 0.178 e. The first-order valence-electron chi connectivity index (χ1n) is 4.71. The number of hydrogen-bond acceptors (Lipinski definition) is 2. The molecule has 2 rings (SSSR count). The van der Waals surface area contributed by atoms with E-state index in [0.717, 1.165) is 5.57 Å². The van der Waals surface area contributed by atoms with Crippen LogP contribution in [0.5, 0.6) is 0 Å². The van der Waals surface area contributed by atoms with Gasteiger partial charge >= 0.3 is 0 Å². The molecule has 2 atom stereocenters. The van der Waals surface area contributed by atoms with Crippen LogP contribution >= 0.6 is 0 Å². The summed E-state index contributed by atoms with van der Waals surface area (Å²) in [6, 6.07) is 0. The minimum Gasteiger partial charge on any atom is -0.295 e. The van der Waals surface area contributed by atoms with Crippen molar-refractivity contribution >= 4 is 11.6 Å². The van der Waals surface area contributed by atoms with Crippen LogP contribution in [0.2, 0.25) is 0 Å². The highest BCUT2D eigenvalue weighted by atomic mass is 16.1. The summed E-state index contributed by atoms with van der Waals surface area (Å²) in [5.41, 5.74) is 0.650. The molecule has 0 amide bonds. The van der Waals surface area contributed by atoms with Gasteiger partial charge in [0.1, 0.15) is 0 Å². The van der Waals surface area contributed by atoms with Crippen molar-refractivity contribution in [2.75, 3.05) is 0 Å². The number of hydrogen-bond donors (Lipinski definition) is 0. The lowest BCUT2D eigenvalue weighted by Crippen LogP contribution is -2.35. The maximum Gasteiger partial charge on any atom is 0.178 e. The standard InChI is InChI=1S/C12H12O2/c1-8-11(14)4-3-9-7-10(13)5-6-12(8,9)2/h3-8H,1-2H3/t8-,12-/m1/s1. The molecule has 0 saturated carbocycles. The molecule has 0 aromatic carbocycles. The third-order valence-corrected chi connectivity index (χ3v) is 3.27. The van der Waals surface area contributed by atoms with Crippen molar-refractivity contribution in [3.63, 3.8) is 0 Å². The van der Waals surface area contributed by atoms with Crippen molar-refractivity contribution in [1.82, 2.24) is 0 Å². The second-order valence-electron chi connectivity index (χ2n) is 4.08. The second-order valence-corrected chi connectivity index (χ2v) is 4.08. The lowest BCUT2D eigenvalue weighted by atomic mass is 9.65. The van der Waals surface area contributed by atoms with Crippen molar-refractivity contribution in [3.8, 4) is 0 Å². The molecule has 0 saturated heterocycles. The molecule has 0 unspecified atom stereocenters. The van der Waals surface area contributed by atoms with Gasteiger partial charge in [-0.2, -0.15) is 0 Å². The first kappa shape index (κ1) is 9.13. The zero-order valence-electron chi connectivity index (χ0n) is 8.28. The Labute approximate surface area is 83.0 Å². The lowest BCUT2D eigenvalue weighted by Gasteiger charge is -2.37. The summed E-state index contributed by atoms with van der Waals surface area (Å²) >= 11 is 0. The number of rotatable bonds is 0. The molecule has 0 aromatic rings. The summed E-state index contributed by atoms with van der Waals surface area (Å²) in [5, 5.41) is 0. The first-order chi connectivity index (χ1) is 6.54. The van der Waals surface area contributed by atoms with Gasteiger partial charge in [0.2, 0.25) is 0 Å². The van der Waals surface area contributed by atoms with Crippen molar-refractivity contribution in [2.45, 2.75) is 13.8 Å². The topological polar surface area (TPSA) is 34.1 Å². The monoisotopic (exact) mass is 188 g/mol. The fourth-order valence-electron chi connectivity index (χ4n) is 1.94. The molecule has 14 heavy (non-hydrogen) atoms. The van der Waals surface area contributed by atoms with Gasteiger partial charge in [-0.15, -0.1) is 0 Å². The van der Waals surface area contributed by atoms with Crippen LogP contribution in [0.15, 0.2) is 36.0 Å². The molecule has 72 valence electrons. The maximum absolute atomic E-state index is 11.5. The number of ketones is 2. The highest BCUT2D eigenvalue weighted by Crippen LogP contribution is 2.42. The van der Waals surface area contributed by atoms with Crippen LogP contribution < -0.4 is 0 Å². The zero-order valence-corrected chi connectivity index (χ0v) is 8.28. The van der Waals surface area contributed by atoms with E-state index in [1.165, 1.54) is 0 Å². The predicted octanol–water partition coefficient (Wildman–Crippen LogP) is 1.83. The largest absolute Gasteiger partial charge is 0.295 e. The van der Waals surface area contributed by atoms with Gasteiger partial charge in [0.25, 0.3) is 0 Å². The molecule has 0 fully saturated rings. The second kappa shape index (κ2) is 2.77. The molecular weight excluding hydrogens is 176 g/mol. The van der Waals surface area contributed by atoms with E-state index in [1.807, 2.05) is 19.9 Å². The lowest BCUT2D eigenvalue weighted by molar-refractivity contribution is -0.120. The van der Waals surface area contributed by atoms with Crippen LogP contribution in [0.25, 0.3) is 0 Å². The Kier molecular flexibility index (Phi) is 1.81. The van der Waals surface area contributed by atoms with Gasteiger partial charge in [-0.1, -0.05) is 26.0 Å². The van der Waals surface area contributed by atoms with Gasteiger partial charge in [-0.05, 0) is 23.8 Å². The third kappa shape index (κ3) is 1.10. The highest BCUT2D eigenvalue weighted by Gasteiger charge is 2.39. The highest BCUT2D eigenvalue weighted by molar-refractivity contribution is 6.03. The Hall–Kier alpha value is -1.44. The van der Waals surface area contributed by atoms with Crippen molar-refractivity contribution in [1.29, 1.82) is 0 Å². The average molecular weight is 188 g/mol.